The van der Waals surface area contributed by atoms with Crippen molar-refractivity contribution in [2.75, 3.05) is 11.0 Å². The number of halogens is 1. The zero-order valence-corrected chi connectivity index (χ0v) is 12.5. The van der Waals surface area contributed by atoms with Crippen LogP contribution in [0.25, 0.3) is 11.3 Å². The minimum absolute atomic E-state index is 0.477. The van der Waals surface area contributed by atoms with Crippen molar-refractivity contribution in [3.05, 3.63) is 47.2 Å². The molecule has 94 valence electrons. The second-order valence-electron chi connectivity index (χ2n) is 4.69. The molecule has 0 radical (unpaired) electrons. The lowest BCUT2D eigenvalue weighted by Gasteiger charge is -2.27. The van der Waals surface area contributed by atoms with E-state index in [2.05, 4.69) is 52.2 Å². The Hall–Kier alpha value is -0.810. The minimum atomic E-state index is 0.477. The third-order valence-electron chi connectivity index (χ3n) is 3.51. The summed E-state index contributed by atoms with van der Waals surface area (Å²) in [4.78, 5) is 0. The fourth-order valence-electron chi connectivity index (χ4n) is 2.64. The van der Waals surface area contributed by atoms with Gasteiger partial charge in [-0.3, -0.25) is 0 Å². The lowest BCUT2D eigenvalue weighted by Crippen LogP contribution is -2.31. The fourth-order valence-corrected chi connectivity index (χ4v) is 3.43. The first-order valence-electron chi connectivity index (χ1n) is 6.27. The van der Waals surface area contributed by atoms with Crippen LogP contribution in [0.4, 0.5) is 0 Å². The summed E-state index contributed by atoms with van der Waals surface area (Å²) >= 11 is 2.45. The summed E-state index contributed by atoms with van der Waals surface area (Å²) in [6, 6.07) is 11.1. The van der Waals surface area contributed by atoms with E-state index in [1.807, 2.05) is 13.0 Å². The van der Waals surface area contributed by atoms with Gasteiger partial charge in [0.2, 0.25) is 0 Å². The van der Waals surface area contributed by atoms with Gasteiger partial charge in [0.25, 0.3) is 0 Å². The highest BCUT2D eigenvalue weighted by Gasteiger charge is 2.21. The molecule has 2 heterocycles. The number of alkyl halides is 1. The Morgan fingerprint density at radius 1 is 1.33 bits per heavy atom. The van der Waals surface area contributed by atoms with E-state index in [4.69, 9.17) is 4.42 Å². The van der Waals surface area contributed by atoms with Crippen LogP contribution >= 0.6 is 22.6 Å². The largest absolute Gasteiger partial charge is 0.461 e. The van der Waals surface area contributed by atoms with Gasteiger partial charge in [-0.1, -0.05) is 40.8 Å². The van der Waals surface area contributed by atoms with Gasteiger partial charge >= 0.3 is 0 Å². The van der Waals surface area contributed by atoms with Gasteiger partial charge in [0.1, 0.15) is 11.5 Å². The molecular formula is C15H16INO. The van der Waals surface area contributed by atoms with Crippen LogP contribution in [0.5, 0.6) is 0 Å². The molecule has 3 rings (SSSR count). The molecule has 0 fully saturated rings. The zero-order valence-electron chi connectivity index (χ0n) is 10.4. The van der Waals surface area contributed by atoms with Crippen molar-refractivity contribution in [2.45, 2.75) is 19.4 Å². The lowest BCUT2D eigenvalue weighted by atomic mass is 9.90. The van der Waals surface area contributed by atoms with E-state index in [0.29, 0.717) is 6.04 Å². The molecule has 18 heavy (non-hydrogen) atoms. The van der Waals surface area contributed by atoms with Crippen LogP contribution in [-0.4, -0.2) is 11.0 Å². The molecule has 1 aromatic carbocycles. The normalized spacial score (nSPS) is 18.7. The van der Waals surface area contributed by atoms with Crippen molar-refractivity contribution in [1.29, 1.82) is 0 Å². The summed E-state index contributed by atoms with van der Waals surface area (Å²) in [6.45, 7) is 3.05. The molecule has 1 N–H and O–H groups in total. The summed E-state index contributed by atoms with van der Waals surface area (Å²) in [5.74, 6) is 1.97. The second-order valence-corrected chi connectivity index (χ2v) is 5.58. The van der Waals surface area contributed by atoms with Crippen molar-refractivity contribution < 1.29 is 4.42 Å². The second kappa shape index (κ2) is 5.05. The Balaban J connectivity index is 2.11. The van der Waals surface area contributed by atoms with E-state index in [0.717, 1.165) is 28.9 Å². The number of fused-ring (bicyclic) bond motifs is 1. The van der Waals surface area contributed by atoms with E-state index < -0.39 is 0 Å². The average molecular weight is 353 g/mol. The molecule has 1 aliphatic heterocycles. The monoisotopic (exact) mass is 353 g/mol. The maximum atomic E-state index is 5.78. The van der Waals surface area contributed by atoms with Gasteiger partial charge < -0.3 is 9.73 Å². The third-order valence-corrected chi connectivity index (χ3v) is 4.39. The molecule has 0 saturated carbocycles. The Labute approximate surface area is 121 Å². The third kappa shape index (κ3) is 2.10. The molecule has 1 aliphatic rings. The standard InChI is InChI=1S/C15H16INO/c1-10-5-6-15(18-10)13-4-2-3-12-11(13)7-8-17-14(12)9-16/h2-6,14,17H,7-9H2,1H3. The van der Waals surface area contributed by atoms with Crippen molar-refractivity contribution in [3.8, 4) is 11.3 Å². The van der Waals surface area contributed by atoms with Crippen LogP contribution in [0.1, 0.15) is 22.9 Å². The van der Waals surface area contributed by atoms with Crippen molar-refractivity contribution in [3.63, 3.8) is 0 Å². The molecule has 0 bridgehead atoms. The first-order chi connectivity index (χ1) is 8.79. The fraction of sp³-hybridized carbons (Fsp3) is 0.333. The number of hydrogen-bond acceptors (Lipinski definition) is 2. The zero-order chi connectivity index (χ0) is 12.5. The van der Waals surface area contributed by atoms with Gasteiger partial charge in [-0.05, 0) is 43.1 Å². The molecule has 0 saturated heterocycles. The SMILES string of the molecule is Cc1ccc(-c2cccc3c2CCNC3CI)o1. The molecule has 0 amide bonds. The van der Waals surface area contributed by atoms with Gasteiger partial charge in [-0.2, -0.15) is 0 Å². The number of hydrogen-bond donors (Lipinski definition) is 1. The maximum absolute atomic E-state index is 5.78. The molecule has 1 aromatic heterocycles. The van der Waals surface area contributed by atoms with E-state index in [9.17, 15) is 0 Å². The van der Waals surface area contributed by atoms with Crippen LogP contribution < -0.4 is 5.32 Å². The summed E-state index contributed by atoms with van der Waals surface area (Å²) in [5, 5.41) is 3.57. The van der Waals surface area contributed by atoms with Crippen LogP contribution in [0.2, 0.25) is 0 Å². The summed E-state index contributed by atoms with van der Waals surface area (Å²) in [5.41, 5.74) is 4.14. The lowest BCUT2D eigenvalue weighted by molar-refractivity contribution is 0.538. The van der Waals surface area contributed by atoms with Gasteiger partial charge in [0.15, 0.2) is 0 Å². The molecule has 1 atom stereocenters. The number of aryl methyl sites for hydroxylation is 1. The Kier molecular flexibility index (Phi) is 3.43. The minimum Gasteiger partial charge on any atom is -0.461 e. The number of nitrogens with one attached hydrogen (secondary N) is 1. The van der Waals surface area contributed by atoms with Gasteiger partial charge in [0.05, 0.1) is 0 Å². The van der Waals surface area contributed by atoms with Crippen molar-refractivity contribution in [1.82, 2.24) is 5.32 Å². The molecule has 0 spiro atoms. The van der Waals surface area contributed by atoms with E-state index in [1.165, 1.54) is 16.7 Å². The molecular weight excluding hydrogens is 337 g/mol. The number of rotatable bonds is 2. The van der Waals surface area contributed by atoms with Crippen LogP contribution in [0.15, 0.2) is 34.7 Å². The predicted molar refractivity (Wildman–Crippen MR) is 82.2 cm³/mol. The Bertz CT molecular complexity index is 561. The van der Waals surface area contributed by atoms with Crippen molar-refractivity contribution in [2.24, 2.45) is 0 Å². The molecule has 3 heteroatoms. The van der Waals surface area contributed by atoms with Crippen LogP contribution in [0, 0.1) is 6.92 Å². The highest BCUT2D eigenvalue weighted by Crippen LogP contribution is 2.33. The van der Waals surface area contributed by atoms with Crippen LogP contribution in [-0.2, 0) is 6.42 Å². The summed E-state index contributed by atoms with van der Waals surface area (Å²) in [6.07, 6.45) is 1.08. The summed E-state index contributed by atoms with van der Waals surface area (Å²) in [7, 11) is 0. The topological polar surface area (TPSA) is 25.2 Å². The Morgan fingerprint density at radius 2 is 2.22 bits per heavy atom. The quantitative estimate of drug-likeness (QED) is 0.655. The first-order valence-corrected chi connectivity index (χ1v) is 7.80. The highest BCUT2D eigenvalue weighted by molar-refractivity contribution is 14.1. The highest BCUT2D eigenvalue weighted by atomic mass is 127. The van der Waals surface area contributed by atoms with E-state index in [1.54, 1.807) is 0 Å². The molecule has 2 nitrogen and oxygen atoms in total. The van der Waals surface area contributed by atoms with Gasteiger partial charge in [-0.25, -0.2) is 0 Å². The van der Waals surface area contributed by atoms with Gasteiger partial charge in [-0.15, -0.1) is 0 Å². The van der Waals surface area contributed by atoms with E-state index >= 15 is 0 Å². The smallest absolute Gasteiger partial charge is 0.134 e. The number of furan rings is 1. The maximum Gasteiger partial charge on any atom is 0.134 e. The molecule has 2 aromatic rings. The average Bonchev–Trinajstić information content (AvgIpc) is 2.84. The van der Waals surface area contributed by atoms with Gasteiger partial charge in [0, 0.05) is 16.0 Å². The van der Waals surface area contributed by atoms with Crippen molar-refractivity contribution >= 4 is 22.6 Å². The predicted octanol–water partition coefficient (Wildman–Crippen LogP) is 3.88. The number of benzene rings is 1. The van der Waals surface area contributed by atoms with E-state index in [-0.39, 0.29) is 0 Å². The molecule has 1 unspecified atom stereocenters. The van der Waals surface area contributed by atoms with Crippen LogP contribution in [0.3, 0.4) is 0 Å². The Morgan fingerprint density at radius 3 is 2.94 bits per heavy atom. The molecule has 0 aliphatic carbocycles. The first kappa shape index (κ1) is 12.2. The summed E-state index contributed by atoms with van der Waals surface area (Å²) < 4.78 is 6.88.